The molecule has 3 aromatic carbocycles. The summed E-state index contributed by atoms with van der Waals surface area (Å²) in [4.78, 5) is 6.49. The van der Waals surface area contributed by atoms with Crippen LogP contribution >= 0.6 is 0 Å². The molecule has 1 N–H and O–H groups in total. The topological polar surface area (TPSA) is 49.5 Å². The zero-order chi connectivity index (χ0) is 21.8. The lowest BCUT2D eigenvalue weighted by molar-refractivity contribution is 0.0871. The summed E-state index contributed by atoms with van der Waals surface area (Å²) in [5.74, 6) is 0.658. The Labute approximate surface area is 188 Å². The summed E-state index contributed by atoms with van der Waals surface area (Å²) in [6, 6.07) is 31.9. The standard InChI is InChI=1S/C28H26N2O2/c31-27-16-17-30(20-22(27)18-26-19-29-21-32-26)28(23-10-4-1-5-11-23,24-12-6-2-7-13-24)25-14-8-3-9-15-25/h1-15,18-19,21,27,31H,16-17,20H2. The van der Waals surface area contributed by atoms with Crippen molar-refractivity contribution in [3.05, 3.63) is 132 Å². The van der Waals surface area contributed by atoms with E-state index in [0.717, 1.165) is 12.1 Å². The summed E-state index contributed by atoms with van der Waals surface area (Å²) in [5.41, 5.74) is 4.04. The molecule has 2 heterocycles. The van der Waals surface area contributed by atoms with Crippen LogP contribution in [0.2, 0.25) is 0 Å². The van der Waals surface area contributed by atoms with Gasteiger partial charge in [0.15, 0.2) is 6.39 Å². The maximum absolute atomic E-state index is 10.8. The summed E-state index contributed by atoms with van der Waals surface area (Å²) in [7, 11) is 0. The molecule has 4 aromatic rings. The van der Waals surface area contributed by atoms with Gasteiger partial charge >= 0.3 is 0 Å². The predicted octanol–water partition coefficient (Wildman–Crippen LogP) is 5.12. The Balaban J connectivity index is 1.71. The number of rotatable bonds is 5. The van der Waals surface area contributed by atoms with Gasteiger partial charge in [0.05, 0.1) is 17.8 Å². The van der Waals surface area contributed by atoms with Crippen LogP contribution in [-0.2, 0) is 5.54 Å². The number of hydrogen-bond acceptors (Lipinski definition) is 4. The minimum absolute atomic E-state index is 0.496. The molecule has 1 fully saturated rings. The van der Waals surface area contributed by atoms with Crippen molar-refractivity contribution >= 4 is 6.08 Å². The van der Waals surface area contributed by atoms with E-state index in [1.54, 1.807) is 6.20 Å². The molecule has 4 heteroatoms. The minimum Gasteiger partial charge on any atom is -0.444 e. The Morgan fingerprint density at radius 3 is 1.84 bits per heavy atom. The smallest absolute Gasteiger partial charge is 0.181 e. The van der Waals surface area contributed by atoms with Gasteiger partial charge in [0.25, 0.3) is 0 Å². The number of hydrogen-bond donors (Lipinski definition) is 1. The summed E-state index contributed by atoms with van der Waals surface area (Å²) in [6.45, 7) is 1.37. The van der Waals surface area contributed by atoms with Crippen molar-refractivity contribution in [2.24, 2.45) is 0 Å². The highest BCUT2D eigenvalue weighted by Crippen LogP contribution is 2.44. The van der Waals surface area contributed by atoms with Crippen LogP contribution < -0.4 is 0 Å². The molecule has 0 saturated carbocycles. The Kier molecular flexibility index (Phi) is 5.71. The first-order valence-corrected chi connectivity index (χ1v) is 11.0. The number of aliphatic hydroxyl groups is 1. The van der Waals surface area contributed by atoms with Crippen LogP contribution in [0.1, 0.15) is 28.9 Å². The third-order valence-corrected chi connectivity index (χ3v) is 6.30. The third kappa shape index (κ3) is 3.68. The number of aliphatic hydroxyl groups excluding tert-OH is 1. The quantitative estimate of drug-likeness (QED) is 0.454. The number of piperidine rings is 1. The second-order valence-corrected chi connectivity index (χ2v) is 8.16. The molecule has 1 atom stereocenters. The molecule has 1 aliphatic heterocycles. The van der Waals surface area contributed by atoms with Gasteiger partial charge in [0, 0.05) is 13.1 Å². The lowest BCUT2D eigenvalue weighted by atomic mass is 9.74. The van der Waals surface area contributed by atoms with Gasteiger partial charge in [-0.2, -0.15) is 0 Å². The van der Waals surface area contributed by atoms with Crippen molar-refractivity contribution in [2.45, 2.75) is 18.1 Å². The van der Waals surface area contributed by atoms with E-state index in [-0.39, 0.29) is 0 Å². The molecule has 4 nitrogen and oxygen atoms in total. The van der Waals surface area contributed by atoms with Gasteiger partial charge in [-0.05, 0) is 34.8 Å². The van der Waals surface area contributed by atoms with Crippen LogP contribution in [0.4, 0.5) is 0 Å². The lowest BCUT2D eigenvalue weighted by Crippen LogP contribution is -2.52. The first-order valence-electron chi connectivity index (χ1n) is 11.0. The Morgan fingerprint density at radius 2 is 1.38 bits per heavy atom. The molecule has 0 amide bonds. The molecular weight excluding hydrogens is 396 g/mol. The van der Waals surface area contributed by atoms with Crippen LogP contribution in [0, 0.1) is 0 Å². The average molecular weight is 423 g/mol. The fourth-order valence-electron chi connectivity index (χ4n) is 4.86. The molecule has 1 unspecified atom stereocenters. The van der Waals surface area contributed by atoms with Crippen molar-refractivity contribution in [1.29, 1.82) is 0 Å². The molecule has 1 aliphatic rings. The maximum atomic E-state index is 10.8. The zero-order valence-corrected chi connectivity index (χ0v) is 17.8. The first-order chi connectivity index (χ1) is 15.8. The van der Waals surface area contributed by atoms with Crippen molar-refractivity contribution in [2.75, 3.05) is 13.1 Å². The molecule has 1 aromatic heterocycles. The van der Waals surface area contributed by atoms with E-state index in [4.69, 9.17) is 4.42 Å². The summed E-state index contributed by atoms with van der Waals surface area (Å²) < 4.78 is 5.44. The highest BCUT2D eigenvalue weighted by atomic mass is 16.3. The van der Waals surface area contributed by atoms with E-state index in [2.05, 4.69) is 101 Å². The highest BCUT2D eigenvalue weighted by molar-refractivity contribution is 5.53. The molecule has 160 valence electrons. The van der Waals surface area contributed by atoms with Crippen LogP contribution in [0.3, 0.4) is 0 Å². The van der Waals surface area contributed by atoms with Gasteiger partial charge in [-0.25, -0.2) is 4.98 Å². The van der Waals surface area contributed by atoms with Gasteiger partial charge in [0.1, 0.15) is 5.76 Å². The molecular formula is C28H26N2O2. The van der Waals surface area contributed by atoms with Crippen LogP contribution in [-0.4, -0.2) is 34.2 Å². The number of likely N-dealkylation sites (tertiary alicyclic amines) is 1. The normalized spacial score (nSPS) is 18.7. The molecule has 0 bridgehead atoms. The summed E-state index contributed by atoms with van der Waals surface area (Å²) in [6.07, 6.45) is 5.17. The van der Waals surface area contributed by atoms with Crippen molar-refractivity contribution in [1.82, 2.24) is 9.88 Å². The zero-order valence-electron chi connectivity index (χ0n) is 17.8. The Morgan fingerprint density at radius 1 is 0.844 bits per heavy atom. The predicted molar refractivity (Wildman–Crippen MR) is 126 cm³/mol. The average Bonchev–Trinajstić information content (AvgIpc) is 3.37. The number of oxazole rings is 1. The van der Waals surface area contributed by atoms with E-state index in [1.165, 1.54) is 23.1 Å². The molecule has 1 saturated heterocycles. The number of aromatic nitrogens is 1. The number of benzene rings is 3. The molecule has 5 rings (SSSR count). The monoisotopic (exact) mass is 422 g/mol. The maximum Gasteiger partial charge on any atom is 0.181 e. The van der Waals surface area contributed by atoms with Gasteiger partial charge in [0.2, 0.25) is 0 Å². The lowest BCUT2D eigenvalue weighted by Gasteiger charge is -2.48. The second kappa shape index (κ2) is 8.95. The first kappa shape index (κ1) is 20.4. The van der Waals surface area contributed by atoms with Crippen LogP contribution in [0.5, 0.6) is 0 Å². The van der Waals surface area contributed by atoms with Gasteiger partial charge in [-0.15, -0.1) is 0 Å². The van der Waals surface area contributed by atoms with E-state index >= 15 is 0 Å². The molecule has 0 aliphatic carbocycles. The van der Waals surface area contributed by atoms with Crippen molar-refractivity contribution in [3.8, 4) is 0 Å². The van der Waals surface area contributed by atoms with Crippen LogP contribution in [0.15, 0.2) is 114 Å². The fraction of sp³-hybridized carbons (Fsp3) is 0.179. The van der Waals surface area contributed by atoms with E-state index < -0.39 is 11.6 Å². The summed E-state index contributed by atoms with van der Waals surface area (Å²) >= 11 is 0. The molecule has 0 radical (unpaired) electrons. The Bertz CT molecular complexity index is 1060. The van der Waals surface area contributed by atoms with Crippen molar-refractivity contribution < 1.29 is 9.52 Å². The highest BCUT2D eigenvalue weighted by Gasteiger charge is 2.44. The van der Waals surface area contributed by atoms with Gasteiger partial charge < -0.3 is 9.52 Å². The van der Waals surface area contributed by atoms with Gasteiger partial charge in [-0.3, -0.25) is 4.90 Å². The van der Waals surface area contributed by atoms with Crippen molar-refractivity contribution in [3.63, 3.8) is 0 Å². The van der Waals surface area contributed by atoms with Crippen LogP contribution in [0.25, 0.3) is 6.08 Å². The third-order valence-electron chi connectivity index (χ3n) is 6.30. The SMILES string of the molecule is OC1CCN(C(c2ccccc2)(c2ccccc2)c2ccccc2)CC1=Cc1cnco1. The summed E-state index contributed by atoms with van der Waals surface area (Å²) in [5, 5.41) is 10.8. The fourth-order valence-corrected chi connectivity index (χ4v) is 4.86. The molecule has 32 heavy (non-hydrogen) atoms. The molecule has 0 spiro atoms. The van der Waals surface area contributed by atoms with Gasteiger partial charge in [-0.1, -0.05) is 91.0 Å². The second-order valence-electron chi connectivity index (χ2n) is 8.16. The number of nitrogens with zero attached hydrogens (tertiary/aromatic N) is 2. The Hall–Kier alpha value is -3.47. The largest absolute Gasteiger partial charge is 0.444 e. The van der Waals surface area contributed by atoms with E-state index in [1.807, 2.05) is 6.08 Å². The minimum atomic E-state index is -0.503. The van der Waals surface area contributed by atoms with E-state index in [9.17, 15) is 5.11 Å². The van der Waals surface area contributed by atoms with E-state index in [0.29, 0.717) is 18.7 Å².